The predicted molar refractivity (Wildman–Crippen MR) is 78.8 cm³/mol. The Morgan fingerprint density at radius 1 is 1.29 bits per heavy atom. The number of methoxy groups -OCH3 is 1. The third-order valence-corrected chi connectivity index (χ3v) is 3.71. The molecule has 0 bridgehead atoms. The molecule has 0 saturated heterocycles. The molecule has 114 valence electrons. The summed E-state index contributed by atoms with van der Waals surface area (Å²) in [5.41, 5.74) is 2.02. The van der Waals surface area contributed by atoms with Gasteiger partial charge in [0.2, 0.25) is 0 Å². The Balaban J connectivity index is 2.05. The SMILES string of the molecule is COC1CC(NC(=O)Nc2c(C)cc(C)cc2C(=O)O)C1. The van der Waals surface area contributed by atoms with E-state index in [1.807, 2.05) is 13.0 Å². The van der Waals surface area contributed by atoms with E-state index >= 15 is 0 Å². The van der Waals surface area contributed by atoms with E-state index in [9.17, 15) is 14.7 Å². The summed E-state index contributed by atoms with van der Waals surface area (Å²) in [6.07, 6.45) is 1.76. The van der Waals surface area contributed by atoms with Crippen molar-refractivity contribution in [2.45, 2.75) is 38.8 Å². The van der Waals surface area contributed by atoms with Gasteiger partial charge < -0.3 is 20.5 Å². The number of rotatable bonds is 4. The molecule has 0 atom stereocenters. The number of carbonyl (C=O) groups excluding carboxylic acids is 1. The molecule has 1 aliphatic rings. The molecule has 1 aromatic rings. The maximum atomic E-state index is 12.0. The molecule has 0 heterocycles. The second-order valence-corrected chi connectivity index (χ2v) is 5.43. The second-order valence-electron chi connectivity index (χ2n) is 5.43. The van der Waals surface area contributed by atoms with Gasteiger partial charge in [0.05, 0.1) is 17.4 Å². The highest BCUT2D eigenvalue weighted by atomic mass is 16.5. The van der Waals surface area contributed by atoms with Gasteiger partial charge in [-0.05, 0) is 43.9 Å². The highest BCUT2D eigenvalue weighted by Crippen LogP contribution is 2.25. The number of aromatic carboxylic acids is 1. The molecule has 0 aliphatic heterocycles. The van der Waals surface area contributed by atoms with Crippen molar-refractivity contribution < 1.29 is 19.4 Å². The van der Waals surface area contributed by atoms with Crippen LogP contribution in [0.1, 0.15) is 34.3 Å². The van der Waals surface area contributed by atoms with Gasteiger partial charge in [-0.1, -0.05) is 6.07 Å². The normalized spacial score (nSPS) is 20.5. The van der Waals surface area contributed by atoms with Crippen molar-refractivity contribution in [3.05, 3.63) is 28.8 Å². The number of ether oxygens (including phenoxy) is 1. The Labute approximate surface area is 123 Å². The first-order chi connectivity index (χ1) is 9.90. The molecule has 1 aliphatic carbocycles. The van der Waals surface area contributed by atoms with Crippen LogP contribution in [0.15, 0.2) is 12.1 Å². The average molecular weight is 292 g/mol. The largest absolute Gasteiger partial charge is 0.478 e. The minimum absolute atomic E-state index is 0.0778. The fourth-order valence-corrected chi connectivity index (χ4v) is 2.51. The quantitative estimate of drug-likeness (QED) is 0.794. The van der Waals surface area contributed by atoms with Crippen LogP contribution in [0.2, 0.25) is 0 Å². The van der Waals surface area contributed by atoms with E-state index < -0.39 is 5.97 Å². The van der Waals surface area contributed by atoms with Crippen LogP contribution in [0.25, 0.3) is 0 Å². The lowest BCUT2D eigenvalue weighted by Gasteiger charge is -2.34. The fraction of sp³-hybridized carbons (Fsp3) is 0.467. The Morgan fingerprint density at radius 3 is 2.52 bits per heavy atom. The monoisotopic (exact) mass is 292 g/mol. The summed E-state index contributed by atoms with van der Waals surface area (Å²) in [4.78, 5) is 23.3. The Kier molecular flexibility index (Phi) is 4.47. The van der Waals surface area contributed by atoms with E-state index in [4.69, 9.17) is 4.74 Å². The molecule has 0 spiro atoms. The van der Waals surface area contributed by atoms with Crippen molar-refractivity contribution in [1.29, 1.82) is 0 Å². The smallest absolute Gasteiger partial charge is 0.337 e. The van der Waals surface area contributed by atoms with Crippen molar-refractivity contribution in [3.8, 4) is 0 Å². The maximum absolute atomic E-state index is 12.0. The Bertz CT molecular complexity index is 565. The predicted octanol–water partition coefficient (Wildman–Crippen LogP) is 2.30. The van der Waals surface area contributed by atoms with Gasteiger partial charge in [0.1, 0.15) is 0 Å². The van der Waals surface area contributed by atoms with E-state index in [0.29, 0.717) is 5.69 Å². The topological polar surface area (TPSA) is 87.7 Å². The van der Waals surface area contributed by atoms with Gasteiger partial charge in [0, 0.05) is 13.2 Å². The molecule has 6 heteroatoms. The molecule has 1 saturated carbocycles. The van der Waals surface area contributed by atoms with Crippen molar-refractivity contribution in [2.75, 3.05) is 12.4 Å². The molecule has 2 rings (SSSR count). The second kappa shape index (κ2) is 6.13. The lowest BCUT2D eigenvalue weighted by molar-refractivity contribution is 0.0210. The first-order valence-electron chi connectivity index (χ1n) is 6.85. The minimum Gasteiger partial charge on any atom is -0.478 e. The van der Waals surface area contributed by atoms with E-state index in [-0.39, 0.29) is 23.7 Å². The fourth-order valence-electron chi connectivity index (χ4n) is 2.51. The summed E-state index contributed by atoms with van der Waals surface area (Å²) in [6, 6.07) is 3.08. The lowest BCUT2D eigenvalue weighted by Crippen LogP contribution is -2.48. The number of urea groups is 1. The first-order valence-corrected chi connectivity index (χ1v) is 6.85. The van der Waals surface area contributed by atoms with Crippen LogP contribution in [0.5, 0.6) is 0 Å². The van der Waals surface area contributed by atoms with Gasteiger partial charge in [-0.15, -0.1) is 0 Å². The van der Waals surface area contributed by atoms with Gasteiger partial charge in [-0.25, -0.2) is 9.59 Å². The van der Waals surface area contributed by atoms with Crippen molar-refractivity contribution >= 4 is 17.7 Å². The van der Waals surface area contributed by atoms with Crippen LogP contribution in [0.3, 0.4) is 0 Å². The summed E-state index contributed by atoms with van der Waals surface area (Å²) in [7, 11) is 1.65. The summed E-state index contributed by atoms with van der Waals surface area (Å²) in [5, 5.41) is 14.7. The van der Waals surface area contributed by atoms with Crippen molar-refractivity contribution in [2.24, 2.45) is 0 Å². The van der Waals surface area contributed by atoms with Crippen LogP contribution in [0.4, 0.5) is 10.5 Å². The number of carboxylic acid groups (broad SMARTS) is 1. The number of aryl methyl sites for hydroxylation is 2. The molecule has 0 unspecified atom stereocenters. The molecule has 1 aromatic carbocycles. The van der Waals surface area contributed by atoms with E-state index in [1.54, 1.807) is 20.1 Å². The molecule has 2 amide bonds. The summed E-state index contributed by atoms with van der Waals surface area (Å²) in [5.74, 6) is -1.06. The number of amides is 2. The summed E-state index contributed by atoms with van der Waals surface area (Å²) < 4.78 is 5.15. The zero-order valence-electron chi connectivity index (χ0n) is 12.4. The number of hydrogen-bond acceptors (Lipinski definition) is 3. The molecule has 0 radical (unpaired) electrons. The number of carboxylic acids is 1. The van der Waals surface area contributed by atoms with Crippen molar-refractivity contribution in [3.63, 3.8) is 0 Å². The van der Waals surface area contributed by atoms with Crippen LogP contribution in [0, 0.1) is 13.8 Å². The molecular weight excluding hydrogens is 272 g/mol. The maximum Gasteiger partial charge on any atom is 0.337 e. The number of hydrogen-bond donors (Lipinski definition) is 3. The van der Waals surface area contributed by atoms with Gasteiger partial charge in [-0.3, -0.25) is 0 Å². The average Bonchev–Trinajstić information content (AvgIpc) is 2.35. The van der Waals surface area contributed by atoms with Crippen LogP contribution >= 0.6 is 0 Å². The molecule has 3 N–H and O–H groups in total. The molecule has 0 aromatic heterocycles. The van der Waals surface area contributed by atoms with Gasteiger partial charge in [0.25, 0.3) is 0 Å². The third-order valence-electron chi connectivity index (χ3n) is 3.71. The molecule has 21 heavy (non-hydrogen) atoms. The highest BCUT2D eigenvalue weighted by molar-refractivity contribution is 6.01. The highest BCUT2D eigenvalue weighted by Gasteiger charge is 2.30. The Morgan fingerprint density at radius 2 is 1.95 bits per heavy atom. The molecular formula is C15H20N2O4. The lowest BCUT2D eigenvalue weighted by atomic mass is 9.89. The van der Waals surface area contributed by atoms with Gasteiger partial charge in [-0.2, -0.15) is 0 Å². The van der Waals surface area contributed by atoms with Gasteiger partial charge >= 0.3 is 12.0 Å². The Hall–Kier alpha value is -2.08. The zero-order valence-corrected chi connectivity index (χ0v) is 12.4. The van der Waals surface area contributed by atoms with E-state index in [2.05, 4.69) is 10.6 Å². The number of anilines is 1. The van der Waals surface area contributed by atoms with E-state index in [0.717, 1.165) is 24.0 Å². The van der Waals surface area contributed by atoms with Crippen molar-refractivity contribution in [1.82, 2.24) is 5.32 Å². The van der Waals surface area contributed by atoms with Crippen LogP contribution in [-0.4, -0.2) is 36.4 Å². The number of carbonyl (C=O) groups is 2. The first kappa shape index (κ1) is 15.3. The van der Waals surface area contributed by atoms with E-state index in [1.165, 1.54) is 0 Å². The van der Waals surface area contributed by atoms with Crippen LogP contribution in [-0.2, 0) is 4.74 Å². The summed E-state index contributed by atoms with van der Waals surface area (Å²) >= 11 is 0. The zero-order chi connectivity index (χ0) is 15.6. The standard InChI is InChI=1S/C15H20N2O4/c1-8-4-9(2)13(12(5-8)14(18)19)17-15(20)16-10-6-11(7-10)21-3/h4-5,10-11H,6-7H2,1-3H3,(H,18,19)(H2,16,17,20). The summed E-state index contributed by atoms with van der Waals surface area (Å²) in [6.45, 7) is 3.60. The van der Waals surface area contributed by atoms with Gasteiger partial charge in [0.15, 0.2) is 0 Å². The number of benzene rings is 1. The number of nitrogens with one attached hydrogen (secondary N) is 2. The third kappa shape index (κ3) is 3.52. The molecule has 6 nitrogen and oxygen atoms in total. The minimum atomic E-state index is -1.06. The molecule has 1 fully saturated rings. The van der Waals surface area contributed by atoms with Crippen LogP contribution < -0.4 is 10.6 Å².